The van der Waals surface area contributed by atoms with Crippen molar-refractivity contribution in [2.75, 3.05) is 24.5 Å². The van der Waals surface area contributed by atoms with Crippen molar-refractivity contribution in [2.45, 2.75) is 13.0 Å². The maximum Gasteiger partial charge on any atom is 0.344 e. The fourth-order valence-electron chi connectivity index (χ4n) is 4.44. The first kappa shape index (κ1) is 23.7. The van der Waals surface area contributed by atoms with Crippen molar-refractivity contribution in [3.8, 4) is 6.07 Å². The molecule has 0 bridgehead atoms. The zero-order chi connectivity index (χ0) is 25.4. The fourth-order valence-corrected chi connectivity index (χ4v) is 4.80. The second kappa shape index (κ2) is 9.55. The minimum atomic E-state index is -0.613. The van der Waals surface area contributed by atoms with Crippen molar-refractivity contribution in [2.24, 2.45) is 0 Å². The minimum Gasteiger partial charge on any atom is -0.422 e. The Morgan fingerprint density at radius 1 is 1.19 bits per heavy atom. The molecule has 1 fully saturated rings. The molecule has 1 aromatic heterocycles. The Labute approximate surface area is 215 Å². The van der Waals surface area contributed by atoms with E-state index in [9.17, 15) is 14.0 Å². The number of ether oxygens (including phenoxy) is 1. The van der Waals surface area contributed by atoms with Gasteiger partial charge in [0.05, 0.1) is 16.7 Å². The van der Waals surface area contributed by atoms with E-state index in [4.69, 9.17) is 10.00 Å². The van der Waals surface area contributed by atoms with E-state index >= 15 is 0 Å². The molecule has 5 rings (SSSR count). The zero-order valence-electron chi connectivity index (χ0n) is 19.2. The monoisotopic (exact) mass is 546 g/mol. The van der Waals surface area contributed by atoms with Gasteiger partial charge >= 0.3 is 5.97 Å². The Balaban J connectivity index is 1.36. The fraction of sp³-hybridized carbons (Fsp3) is 0.185. The van der Waals surface area contributed by atoms with Crippen molar-refractivity contribution in [3.63, 3.8) is 0 Å². The van der Waals surface area contributed by atoms with Crippen molar-refractivity contribution >= 4 is 45.5 Å². The molecule has 2 aromatic carbocycles. The van der Waals surface area contributed by atoms with Crippen molar-refractivity contribution in [1.82, 2.24) is 9.88 Å². The SMILES string of the molecule is CC1CN(C(=O)c2cc(C=C3OC(=O)c4ccc(Br)cc43)ccc2F)CCN1c1ccc(C#N)cn1. The van der Waals surface area contributed by atoms with Gasteiger partial charge in [0.2, 0.25) is 0 Å². The van der Waals surface area contributed by atoms with Gasteiger partial charge in [-0.3, -0.25) is 4.79 Å². The Morgan fingerprint density at radius 3 is 2.75 bits per heavy atom. The number of esters is 1. The predicted molar refractivity (Wildman–Crippen MR) is 135 cm³/mol. The van der Waals surface area contributed by atoms with Crippen LogP contribution in [0.1, 0.15) is 44.3 Å². The number of anilines is 1. The van der Waals surface area contributed by atoms with Gasteiger partial charge in [-0.2, -0.15) is 5.26 Å². The van der Waals surface area contributed by atoms with Gasteiger partial charge in [0, 0.05) is 41.9 Å². The Morgan fingerprint density at radius 2 is 2.03 bits per heavy atom. The van der Waals surface area contributed by atoms with Crippen LogP contribution < -0.4 is 4.90 Å². The maximum absolute atomic E-state index is 14.7. The number of nitriles is 1. The lowest BCUT2D eigenvalue weighted by atomic mass is 10.0. The molecule has 1 amide bonds. The van der Waals surface area contributed by atoms with Crippen LogP contribution in [0.4, 0.5) is 10.2 Å². The lowest BCUT2D eigenvalue weighted by Gasteiger charge is -2.40. The highest BCUT2D eigenvalue weighted by Gasteiger charge is 2.30. The average Bonchev–Trinajstić information content (AvgIpc) is 3.18. The summed E-state index contributed by atoms with van der Waals surface area (Å²) in [7, 11) is 0. The molecule has 1 atom stereocenters. The van der Waals surface area contributed by atoms with Gasteiger partial charge in [0.15, 0.2) is 0 Å². The summed E-state index contributed by atoms with van der Waals surface area (Å²) in [6.45, 7) is 3.29. The topological polar surface area (TPSA) is 86.5 Å². The van der Waals surface area contributed by atoms with Gasteiger partial charge in [-0.05, 0) is 61.0 Å². The van der Waals surface area contributed by atoms with Gasteiger partial charge in [-0.25, -0.2) is 14.2 Å². The molecule has 2 aliphatic rings. The molecule has 3 aromatic rings. The number of piperazine rings is 1. The van der Waals surface area contributed by atoms with Gasteiger partial charge in [-0.15, -0.1) is 0 Å². The number of rotatable bonds is 3. The number of fused-ring (bicyclic) bond motifs is 1. The van der Waals surface area contributed by atoms with E-state index in [1.165, 1.54) is 18.3 Å². The summed E-state index contributed by atoms with van der Waals surface area (Å²) in [5, 5.41) is 8.98. The van der Waals surface area contributed by atoms with E-state index in [2.05, 4.69) is 31.9 Å². The van der Waals surface area contributed by atoms with E-state index in [0.717, 1.165) is 10.3 Å². The molecule has 0 spiro atoms. The van der Waals surface area contributed by atoms with Gasteiger partial charge in [-0.1, -0.05) is 22.0 Å². The molecule has 9 heteroatoms. The molecule has 36 heavy (non-hydrogen) atoms. The van der Waals surface area contributed by atoms with Crippen LogP contribution in [0.25, 0.3) is 11.8 Å². The minimum absolute atomic E-state index is 0.0414. The van der Waals surface area contributed by atoms with Crippen LogP contribution in [0.3, 0.4) is 0 Å². The third-order valence-electron chi connectivity index (χ3n) is 6.27. The number of amides is 1. The number of benzene rings is 2. The summed E-state index contributed by atoms with van der Waals surface area (Å²) in [6.07, 6.45) is 3.15. The molecule has 0 aliphatic carbocycles. The largest absolute Gasteiger partial charge is 0.422 e. The number of cyclic esters (lactones) is 1. The van der Waals surface area contributed by atoms with Crippen LogP contribution in [0.15, 0.2) is 59.2 Å². The summed E-state index contributed by atoms with van der Waals surface area (Å²) in [5.41, 5.74) is 2.07. The third-order valence-corrected chi connectivity index (χ3v) is 6.77. The predicted octanol–water partition coefficient (Wildman–Crippen LogP) is 4.87. The quantitative estimate of drug-likeness (QED) is 0.435. The van der Waals surface area contributed by atoms with E-state index < -0.39 is 17.7 Å². The maximum atomic E-state index is 14.7. The molecule has 7 nitrogen and oxygen atoms in total. The second-order valence-corrected chi connectivity index (χ2v) is 9.55. The standard InChI is InChI=1S/C27H20BrFN4O3/c1-16-15-32(8-9-33(16)25-7-3-18(13-30)14-31-25)26(34)22-10-17(2-6-23(22)29)11-24-21-12-19(28)4-5-20(21)27(35)36-24/h2-7,10-12,14,16H,8-9,15H2,1H3. The first-order valence-electron chi connectivity index (χ1n) is 11.3. The van der Waals surface area contributed by atoms with Crippen LogP contribution in [0.2, 0.25) is 0 Å². The van der Waals surface area contributed by atoms with Crippen molar-refractivity contribution in [3.05, 3.63) is 92.8 Å². The number of carbonyl (C=O) groups is 2. The number of aromatic nitrogens is 1. The molecule has 180 valence electrons. The number of hydrogen-bond donors (Lipinski definition) is 0. The second-order valence-electron chi connectivity index (χ2n) is 8.64. The van der Waals surface area contributed by atoms with Crippen LogP contribution in [0, 0.1) is 17.1 Å². The van der Waals surface area contributed by atoms with Crippen molar-refractivity contribution < 1.29 is 18.7 Å². The van der Waals surface area contributed by atoms with E-state index in [-0.39, 0.29) is 11.6 Å². The van der Waals surface area contributed by atoms with E-state index in [0.29, 0.717) is 47.6 Å². The number of hydrogen-bond acceptors (Lipinski definition) is 6. The van der Waals surface area contributed by atoms with E-state index in [1.807, 2.05) is 6.92 Å². The van der Waals surface area contributed by atoms with Crippen molar-refractivity contribution in [1.29, 1.82) is 5.26 Å². The van der Waals surface area contributed by atoms with Gasteiger partial charge in [0.1, 0.15) is 23.5 Å². The molecule has 1 unspecified atom stereocenters. The van der Waals surface area contributed by atoms with Gasteiger partial charge < -0.3 is 14.5 Å². The smallest absolute Gasteiger partial charge is 0.344 e. The number of carbonyl (C=O) groups excluding carboxylic acids is 2. The van der Waals surface area contributed by atoms with Crippen LogP contribution in [-0.2, 0) is 4.74 Å². The summed E-state index contributed by atoms with van der Waals surface area (Å²) < 4.78 is 20.9. The molecule has 3 heterocycles. The average molecular weight is 547 g/mol. The number of halogens is 2. The summed E-state index contributed by atoms with van der Waals surface area (Å²) in [4.78, 5) is 33.5. The first-order chi connectivity index (χ1) is 17.3. The lowest BCUT2D eigenvalue weighted by Crippen LogP contribution is -2.54. The normalized spacial score (nSPS) is 18.1. The number of nitrogens with zero attached hydrogens (tertiary/aromatic N) is 4. The number of pyridine rings is 1. The Bertz CT molecular complexity index is 1450. The third kappa shape index (κ3) is 4.48. The molecule has 0 N–H and O–H groups in total. The molecule has 0 saturated carbocycles. The molecule has 0 radical (unpaired) electrons. The highest BCUT2D eigenvalue weighted by molar-refractivity contribution is 9.10. The molecule has 2 aliphatic heterocycles. The lowest BCUT2D eigenvalue weighted by molar-refractivity contribution is 0.0710. The van der Waals surface area contributed by atoms with Crippen LogP contribution in [-0.4, -0.2) is 47.4 Å². The molecular formula is C27H20BrFN4O3. The highest BCUT2D eigenvalue weighted by Crippen LogP contribution is 2.33. The van der Waals surface area contributed by atoms with Crippen LogP contribution in [0.5, 0.6) is 0 Å². The van der Waals surface area contributed by atoms with E-state index in [1.54, 1.807) is 47.4 Å². The summed E-state index contributed by atoms with van der Waals surface area (Å²) in [6, 6.07) is 15.0. The molecule has 1 saturated heterocycles. The zero-order valence-corrected chi connectivity index (χ0v) is 20.8. The first-order valence-corrected chi connectivity index (χ1v) is 12.1. The Kier molecular flexibility index (Phi) is 6.29. The summed E-state index contributed by atoms with van der Waals surface area (Å²) in [5.74, 6) is -0.396. The molecular weight excluding hydrogens is 527 g/mol. The van der Waals surface area contributed by atoms with Gasteiger partial charge in [0.25, 0.3) is 5.91 Å². The van der Waals surface area contributed by atoms with Crippen LogP contribution >= 0.6 is 15.9 Å². The summed E-state index contributed by atoms with van der Waals surface area (Å²) >= 11 is 3.40. The Hall–Kier alpha value is -4.03. The highest BCUT2D eigenvalue weighted by atomic mass is 79.9.